The fraction of sp³-hybridized carbons (Fsp3) is 0.786. The molecule has 17 heavy (non-hydrogen) atoms. The van der Waals surface area contributed by atoms with Crippen LogP contribution < -0.4 is 5.32 Å². The minimum atomic E-state index is 0.741. The SMILES string of the molecule is Cc1ncsc1CCNC1CCCCCC1C. The molecule has 0 radical (unpaired) electrons. The number of hydrogen-bond donors (Lipinski definition) is 1. The summed E-state index contributed by atoms with van der Waals surface area (Å²) in [6, 6.07) is 0.741. The molecule has 0 aromatic carbocycles. The van der Waals surface area contributed by atoms with Crippen molar-refractivity contribution in [1.82, 2.24) is 10.3 Å². The van der Waals surface area contributed by atoms with E-state index in [9.17, 15) is 0 Å². The first-order chi connectivity index (χ1) is 8.27. The average Bonchev–Trinajstić information content (AvgIpc) is 2.60. The number of aryl methyl sites for hydroxylation is 1. The number of thiazole rings is 1. The van der Waals surface area contributed by atoms with E-state index < -0.39 is 0 Å². The van der Waals surface area contributed by atoms with E-state index in [1.807, 2.05) is 5.51 Å². The molecule has 0 bridgehead atoms. The normalized spacial score (nSPS) is 25.8. The first-order valence-electron chi connectivity index (χ1n) is 6.89. The molecule has 2 rings (SSSR count). The van der Waals surface area contributed by atoms with Gasteiger partial charge in [0.05, 0.1) is 11.2 Å². The zero-order chi connectivity index (χ0) is 12.1. The Bertz CT molecular complexity index is 335. The average molecular weight is 252 g/mol. The molecule has 1 aromatic rings. The summed E-state index contributed by atoms with van der Waals surface area (Å²) < 4.78 is 0. The topological polar surface area (TPSA) is 24.9 Å². The van der Waals surface area contributed by atoms with Gasteiger partial charge in [0.15, 0.2) is 0 Å². The van der Waals surface area contributed by atoms with Gasteiger partial charge in [0.25, 0.3) is 0 Å². The minimum absolute atomic E-state index is 0.741. The third-order valence-corrected chi connectivity index (χ3v) is 4.96. The highest BCUT2D eigenvalue weighted by molar-refractivity contribution is 7.09. The van der Waals surface area contributed by atoms with Crippen LogP contribution in [0.25, 0.3) is 0 Å². The molecule has 1 fully saturated rings. The van der Waals surface area contributed by atoms with Crippen LogP contribution in [0.2, 0.25) is 0 Å². The lowest BCUT2D eigenvalue weighted by Gasteiger charge is -2.22. The first-order valence-corrected chi connectivity index (χ1v) is 7.77. The van der Waals surface area contributed by atoms with Crippen LogP contribution in [0.5, 0.6) is 0 Å². The van der Waals surface area contributed by atoms with E-state index in [1.54, 1.807) is 11.3 Å². The van der Waals surface area contributed by atoms with E-state index in [2.05, 4.69) is 24.1 Å². The Labute approximate surface area is 109 Å². The second-order valence-corrected chi connectivity index (χ2v) is 6.23. The van der Waals surface area contributed by atoms with Crippen LogP contribution in [0.4, 0.5) is 0 Å². The zero-order valence-electron chi connectivity index (χ0n) is 11.0. The molecule has 0 saturated heterocycles. The molecule has 0 amide bonds. The lowest BCUT2D eigenvalue weighted by atomic mass is 9.97. The van der Waals surface area contributed by atoms with Gasteiger partial charge < -0.3 is 5.32 Å². The summed E-state index contributed by atoms with van der Waals surface area (Å²) in [6.45, 7) is 5.62. The second kappa shape index (κ2) is 6.50. The van der Waals surface area contributed by atoms with E-state index >= 15 is 0 Å². The third-order valence-electron chi connectivity index (χ3n) is 3.96. The third kappa shape index (κ3) is 3.78. The number of hydrogen-bond acceptors (Lipinski definition) is 3. The second-order valence-electron chi connectivity index (χ2n) is 5.29. The van der Waals surface area contributed by atoms with Gasteiger partial charge in [-0.3, -0.25) is 0 Å². The Balaban J connectivity index is 1.75. The Morgan fingerprint density at radius 2 is 2.18 bits per heavy atom. The molecule has 1 N–H and O–H groups in total. The maximum Gasteiger partial charge on any atom is 0.0797 e. The van der Waals surface area contributed by atoms with Crippen molar-refractivity contribution >= 4 is 11.3 Å². The molecule has 1 aliphatic rings. The van der Waals surface area contributed by atoms with Crippen molar-refractivity contribution in [3.05, 3.63) is 16.1 Å². The van der Waals surface area contributed by atoms with E-state index in [0.717, 1.165) is 24.9 Å². The van der Waals surface area contributed by atoms with Gasteiger partial charge >= 0.3 is 0 Å². The van der Waals surface area contributed by atoms with Crippen molar-refractivity contribution in [2.75, 3.05) is 6.54 Å². The molecule has 0 spiro atoms. The summed E-state index contributed by atoms with van der Waals surface area (Å²) in [5.74, 6) is 0.847. The number of rotatable bonds is 4. The number of nitrogens with zero attached hydrogens (tertiary/aromatic N) is 1. The van der Waals surface area contributed by atoms with Crippen LogP contribution in [0.3, 0.4) is 0 Å². The number of nitrogens with one attached hydrogen (secondary N) is 1. The van der Waals surface area contributed by atoms with Crippen LogP contribution in [0.1, 0.15) is 49.6 Å². The lowest BCUT2D eigenvalue weighted by molar-refractivity contribution is 0.360. The smallest absolute Gasteiger partial charge is 0.0797 e. The maximum absolute atomic E-state index is 4.30. The Morgan fingerprint density at radius 3 is 2.94 bits per heavy atom. The quantitative estimate of drug-likeness (QED) is 0.829. The lowest BCUT2D eigenvalue weighted by Crippen LogP contribution is -2.35. The van der Waals surface area contributed by atoms with E-state index in [-0.39, 0.29) is 0 Å². The molecular weight excluding hydrogens is 228 g/mol. The largest absolute Gasteiger partial charge is 0.313 e. The summed E-state index contributed by atoms with van der Waals surface area (Å²) in [6.07, 6.45) is 8.16. The summed E-state index contributed by atoms with van der Waals surface area (Å²) in [5, 5.41) is 3.76. The zero-order valence-corrected chi connectivity index (χ0v) is 11.9. The molecule has 2 nitrogen and oxygen atoms in total. The van der Waals surface area contributed by atoms with E-state index in [0.29, 0.717) is 0 Å². The van der Waals surface area contributed by atoms with Crippen LogP contribution in [-0.2, 0) is 6.42 Å². The minimum Gasteiger partial charge on any atom is -0.313 e. The molecule has 1 aliphatic carbocycles. The standard InChI is InChI=1S/C14H24N2S/c1-11-6-4-3-5-7-13(11)15-9-8-14-12(2)16-10-17-14/h10-11,13,15H,3-9H2,1-2H3. The molecule has 0 aliphatic heterocycles. The Kier molecular flexibility index (Phi) is 4.99. The van der Waals surface area contributed by atoms with Crippen LogP contribution >= 0.6 is 11.3 Å². The molecular formula is C14H24N2S. The predicted octanol–water partition coefficient (Wildman–Crippen LogP) is 3.55. The molecule has 1 aromatic heterocycles. The van der Waals surface area contributed by atoms with Gasteiger partial charge in [0, 0.05) is 17.5 Å². The summed E-state index contributed by atoms with van der Waals surface area (Å²) in [5.41, 5.74) is 3.17. The Morgan fingerprint density at radius 1 is 1.35 bits per heavy atom. The molecule has 3 heteroatoms. The maximum atomic E-state index is 4.30. The van der Waals surface area contributed by atoms with Crippen molar-refractivity contribution in [3.63, 3.8) is 0 Å². The van der Waals surface area contributed by atoms with Gasteiger partial charge in [-0.2, -0.15) is 0 Å². The van der Waals surface area contributed by atoms with Gasteiger partial charge in [-0.05, 0) is 32.1 Å². The van der Waals surface area contributed by atoms with Gasteiger partial charge in [-0.1, -0.05) is 26.2 Å². The van der Waals surface area contributed by atoms with Gasteiger partial charge in [-0.15, -0.1) is 11.3 Å². The Hall–Kier alpha value is -0.410. The molecule has 1 heterocycles. The van der Waals surface area contributed by atoms with Crippen LogP contribution in [0.15, 0.2) is 5.51 Å². The van der Waals surface area contributed by atoms with Crippen LogP contribution in [0, 0.1) is 12.8 Å². The van der Waals surface area contributed by atoms with Crippen molar-refractivity contribution < 1.29 is 0 Å². The molecule has 2 atom stereocenters. The highest BCUT2D eigenvalue weighted by Crippen LogP contribution is 2.23. The predicted molar refractivity (Wildman–Crippen MR) is 74.6 cm³/mol. The number of aromatic nitrogens is 1. The van der Waals surface area contributed by atoms with E-state index in [4.69, 9.17) is 0 Å². The summed E-state index contributed by atoms with van der Waals surface area (Å²) in [7, 11) is 0. The summed E-state index contributed by atoms with van der Waals surface area (Å²) in [4.78, 5) is 5.75. The van der Waals surface area contributed by atoms with Crippen molar-refractivity contribution in [3.8, 4) is 0 Å². The highest BCUT2D eigenvalue weighted by Gasteiger charge is 2.18. The van der Waals surface area contributed by atoms with Crippen molar-refractivity contribution in [2.45, 2.75) is 58.4 Å². The van der Waals surface area contributed by atoms with E-state index in [1.165, 1.54) is 42.7 Å². The molecule has 96 valence electrons. The fourth-order valence-corrected chi connectivity index (χ4v) is 3.51. The van der Waals surface area contributed by atoms with Crippen molar-refractivity contribution in [1.29, 1.82) is 0 Å². The fourth-order valence-electron chi connectivity index (χ4n) is 2.73. The van der Waals surface area contributed by atoms with Gasteiger partial charge in [0.2, 0.25) is 0 Å². The first kappa shape index (κ1) is 13.0. The van der Waals surface area contributed by atoms with Gasteiger partial charge in [-0.25, -0.2) is 4.98 Å². The molecule has 1 saturated carbocycles. The van der Waals surface area contributed by atoms with Crippen LogP contribution in [-0.4, -0.2) is 17.6 Å². The van der Waals surface area contributed by atoms with Gasteiger partial charge in [0.1, 0.15) is 0 Å². The molecule has 2 unspecified atom stereocenters. The van der Waals surface area contributed by atoms with Crippen molar-refractivity contribution in [2.24, 2.45) is 5.92 Å². The summed E-state index contributed by atoms with van der Waals surface area (Å²) >= 11 is 1.79. The monoisotopic (exact) mass is 252 g/mol. The highest BCUT2D eigenvalue weighted by atomic mass is 32.1.